The summed E-state index contributed by atoms with van der Waals surface area (Å²) in [5.41, 5.74) is 0. The Labute approximate surface area is 121 Å². The first kappa shape index (κ1) is 15.5. The third-order valence-electron chi connectivity index (χ3n) is 4.44. The van der Waals surface area contributed by atoms with E-state index in [9.17, 15) is 4.79 Å². The second kappa shape index (κ2) is 7.79. The summed E-state index contributed by atoms with van der Waals surface area (Å²) in [7, 11) is 0. The van der Waals surface area contributed by atoms with Gasteiger partial charge in [-0.05, 0) is 44.9 Å². The van der Waals surface area contributed by atoms with Gasteiger partial charge in [-0.15, -0.1) is 0 Å². The van der Waals surface area contributed by atoms with Crippen molar-refractivity contribution in [3.05, 3.63) is 12.2 Å². The Morgan fingerprint density at radius 3 is 2.75 bits per heavy atom. The van der Waals surface area contributed by atoms with E-state index >= 15 is 0 Å². The van der Waals surface area contributed by atoms with Gasteiger partial charge in [0, 0.05) is 18.9 Å². The highest BCUT2D eigenvalue weighted by atomic mass is 16.5. The predicted octanol–water partition coefficient (Wildman–Crippen LogP) is 3.02. The van der Waals surface area contributed by atoms with Crippen LogP contribution in [0.2, 0.25) is 0 Å². The van der Waals surface area contributed by atoms with E-state index in [0.29, 0.717) is 24.0 Å². The summed E-state index contributed by atoms with van der Waals surface area (Å²) in [5.74, 6) is 0.407. The molecule has 2 saturated heterocycles. The zero-order valence-corrected chi connectivity index (χ0v) is 12.3. The van der Waals surface area contributed by atoms with Gasteiger partial charge in [0.05, 0.1) is 18.8 Å². The maximum absolute atomic E-state index is 10.4. The third-order valence-corrected chi connectivity index (χ3v) is 4.44. The molecule has 4 heteroatoms. The Bertz CT molecular complexity index is 339. The summed E-state index contributed by atoms with van der Waals surface area (Å²) >= 11 is 0. The van der Waals surface area contributed by atoms with Crippen LogP contribution in [0.4, 0.5) is 0 Å². The summed E-state index contributed by atoms with van der Waals surface area (Å²) in [4.78, 5) is 10.4. The van der Waals surface area contributed by atoms with E-state index in [1.54, 1.807) is 0 Å². The first-order valence-electron chi connectivity index (χ1n) is 7.82. The molecule has 114 valence electrons. The number of unbranched alkanes of at least 4 members (excludes halogenated alkanes) is 1. The van der Waals surface area contributed by atoms with Crippen molar-refractivity contribution in [2.45, 2.75) is 57.7 Å². The number of hydrogen-bond donors (Lipinski definition) is 1. The summed E-state index contributed by atoms with van der Waals surface area (Å²) < 4.78 is 11.6. The fraction of sp³-hybridized carbons (Fsp3) is 0.812. The monoisotopic (exact) mass is 282 g/mol. The van der Waals surface area contributed by atoms with Crippen molar-refractivity contribution in [2.75, 3.05) is 13.2 Å². The lowest BCUT2D eigenvalue weighted by molar-refractivity contribution is -0.137. The topological polar surface area (TPSA) is 55.8 Å². The van der Waals surface area contributed by atoms with Gasteiger partial charge in [0.1, 0.15) is 0 Å². The van der Waals surface area contributed by atoms with Crippen LogP contribution in [-0.4, -0.2) is 36.5 Å². The number of carbonyl (C=O) groups is 1. The molecular weight excluding hydrogens is 256 g/mol. The van der Waals surface area contributed by atoms with Crippen LogP contribution < -0.4 is 0 Å². The molecule has 0 amide bonds. The molecule has 0 aromatic carbocycles. The number of rotatable bonds is 9. The average molecular weight is 282 g/mol. The maximum atomic E-state index is 10.4. The fourth-order valence-corrected chi connectivity index (χ4v) is 3.42. The molecule has 2 bridgehead atoms. The van der Waals surface area contributed by atoms with E-state index < -0.39 is 5.97 Å². The Balaban J connectivity index is 1.72. The first-order valence-corrected chi connectivity index (χ1v) is 7.82. The standard InChI is InChI=1S/C16H26O4/c1-2-19-11-13-12(14-9-10-15(13)20-14)7-5-3-4-6-8-16(17)18/h3,5,12-15H,2,4,6-11H2,1H3,(H,17,18)/b5-3-/t12-,13+,14-,15+/m1/s1. The second-order valence-corrected chi connectivity index (χ2v) is 5.77. The number of carboxylic acids is 1. The van der Waals surface area contributed by atoms with Gasteiger partial charge in [0.15, 0.2) is 0 Å². The highest BCUT2D eigenvalue weighted by Crippen LogP contribution is 2.45. The molecule has 0 unspecified atom stereocenters. The van der Waals surface area contributed by atoms with Crippen LogP contribution in [0.5, 0.6) is 0 Å². The summed E-state index contributed by atoms with van der Waals surface area (Å²) in [6.07, 6.45) is 10.4. The Kier molecular flexibility index (Phi) is 6.05. The number of ether oxygens (including phenoxy) is 2. The lowest BCUT2D eigenvalue weighted by Crippen LogP contribution is -2.30. The minimum absolute atomic E-state index is 0.258. The van der Waals surface area contributed by atoms with E-state index in [-0.39, 0.29) is 6.42 Å². The lowest BCUT2D eigenvalue weighted by atomic mass is 9.78. The quantitative estimate of drug-likeness (QED) is 0.522. The van der Waals surface area contributed by atoms with Crippen LogP contribution in [-0.2, 0) is 14.3 Å². The number of aliphatic carboxylic acids is 1. The van der Waals surface area contributed by atoms with E-state index in [0.717, 1.165) is 32.5 Å². The third kappa shape index (κ3) is 4.06. The highest BCUT2D eigenvalue weighted by Gasteiger charge is 2.47. The van der Waals surface area contributed by atoms with Gasteiger partial charge >= 0.3 is 5.97 Å². The molecule has 20 heavy (non-hydrogen) atoms. The molecule has 1 N–H and O–H groups in total. The van der Waals surface area contributed by atoms with Gasteiger partial charge in [-0.1, -0.05) is 12.2 Å². The molecular formula is C16H26O4. The van der Waals surface area contributed by atoms with Gasteiger partial charge in [0.25, 0.3) is 0 Å². The minimum Gasteiger partial charge on any atom is -0.481 e. The smallest absolute Gasteiger partial charge is 0.303 e. The van der Waals surface area contributed by atoms with Crippen molar-refractivity contribution >= 4 is 5.97 Å². The first-order chi connectivity index (χ1) is 9.72. The van der Waals surface area contributed by atoms with Gasteiger partial charge < -0.3 is 14.6 Å². The predicted molar refractivity (Wildman–Crippen MR) is 76.6 cm³/mol. The highest BCUT2D eigenvalue weighted by molar-refractivity contribution is 5.66. The Morgan fingerprint density at radius 1 is 1.30 bits per heavy atom. The van der Waals surface area contributed by atoms with Crippen LogP contribution in [0.25, 0.3) is 0 Å². The van der Waals surface area contributed by atoms with Crippen LogP contribution in [0.1, 0.15) is 45.4 Å². The van der Waals surface area contributed by atoms with Crippen LogP contribution in [0, 0.1) is 11.8 Å². The maximum Gasteiger partial charge on any atom is 0.303 e. The molecule has 2 aliphatic heterocycles. The summed E-state index contributed by atoms with van der Waals surface area (Å²) in [6, 6.07) is 0. The lowest BCUT2D eigenvalue weighted by Gasteiger charge is -2.26. The molecule has 4 atom stereocenters. The SMILES string of the molecule is CCOC[C@H]1[C@@H](C/C=C\CCCC(=O)O)[C@H]2CC[C@@H]1O2. The van der Waals surface area contributed by atoms with E-state index in [1.165, 1.54) is 12.8 Å². The number of carboxylic acid groups (broad SMARTS) is 1. The minimum atomic E-state index is -0.711. The van der Waals surface area contributed by atoms with E-state index in [1.807, 2.05) is 6.92 Å². The Morgan fingerprint density at radius 2 is 2.05 bits per heavy atom. The van der Waals surface area contributed by atoms with E-state index in [4.69, 9.17) is 14.6 Å². The number of allylic oxidation sites excluding steroid dienone is 2. The van der Waals surface area contributed by atoms with Gasteiger partial charge in [-0.25, -0.2) is 0 Å². The van der Waals surface area contributed by atoms with Crippen LogP contribution >= 0.6 is 0 Å². The zero-order chi connectivity index (χ0) is 14.4. The van der Waals surface area contributed by atoms with Gasteiger partial charge in [-0.3, -0.25) is 4.79 Å². The van der Waals surface area contributed by atoms with Crippen molar-refractivity contribution in [2.24, 2.45) is 11.8 Å². The van der Waals surface area contributed by atoms with Crippen LogP contribution in [0.3, 0.4) is 0 Å². The van der Waals surface area contributed by atoms with Crippen LogP contribution in [0.15, 0.2) is 12.2 Å². The molecule has 0 aromatic rings. The van der Waals surface area contributed by atoms with E-state index in [2.05, 4.69) is 12.2 Å². The number of hydrogen-bond acceptors (Lipinski definition) is 3. The van der Waals surface area contributed by atoms with Crippen molar-refractivity contribution in [3.63, 3.8) is 0 Å². The molecule has 2 aliphatic rings. The average Bonchev–Trinajstić information content (AvgIpc) is 3.01. The largest absolute Gasteiger partial charge is 0.481 e. The van der Waals surface area contributed by atoms with Crippen molar-refractivity contribution in [1.29, 1.82) is 0 Å². The number of fused-ring (bicyclic) bond motifs is 2. The van der Waals surface area contributed by atoms with Crippen molar-refractivity contribution < 1.29 is 19.4 Å². The molecule has 0 aromatic heterocycles. The zero-order valence-electron chi connectivity index (χ0n) is 12.3. The fourth-order valence-electron chi connectivity index (χ4n) is 3.42. The normalized spacial score (nSPS) is 32.2. The van der Waals surface area contributed by atoms with Gasteiger partial charge in [0.2, 0.25) is 0 Å². The molecule has 0 radical (unpaired) electrons. The molecule has 4 nitrogen and oxygen atoms in total. The summed E-state index contributed by atoms with van der Waals surface area (Å²) in [5, 5.41) is 8.58. The molecule has 0 saturated carbocycles. The molecule has 0 spiro atoms. The van der Waals surface area contributed by atoms with Crippen molar-refractivity contribution in [3.8, 4) is 0 Å². The van der Waals surface area contributed by atoms with Gasteiger partial charge in [-0.2, -0.15) is 0 Å². The summed E-state index contributed by atoms with van der Waals surface area (Å²) in [6.45, 7) is 3.62. The molecule has 2 rings (SSSR count). The Hall–Kier alpha value is -0.870. The second-order valence-electron chi connectivity index (χ2n) is 5.77. The molecule has 2 fully saturated rings. The molecule has 0 aliphatic carbocycles. The van der Waals surface area contributed by atoms with Crippen molar-refractivity contribution in [1.82, 2.24) is 0 Å². The molecule has 2 heterocycles.